The van der Waals surface area contributed by atoms with Crippen molar-refractivity contribution in [3.8, 4) is 0 Å². The van der Waals surface area contributed by atoms with Crippen molar-refractivity contribution in [2.75, 3.05) is 31.1 Å². The van der Waals surface area contributed by atoms with Crippen molar-refractivity contribution >= 4 is 23.2 Å². The number of fused-ring (bicyclic) bond motifs is 1. The molecule has 2 aromatic heterocycles. The third-order valence-corrected chi connectivity index (χ3v) is 5.56. The van der Waals surface area contributed by atoms with E-state index in [2.05, 4.69) is 19.9 Å². The molecule has 1 amide bonds. The zero-order chi connectivity index (χ0) is 15.6. The highest BCUT2D eigenvalue weighted by Gasteiger charge is 2.31. The topological polar surface area (TPSA) is 62.2 Å². The van der Waals surface area contributed by atoms with Crippen molar-refractivity contribution in [2.45, 2.75) is 19.3 Å². The van der Waals surface area contributed by atoms with Crippen molar-refractivity contribution in [2.24, 2.45) is 5.92 Å². The van der Waals surface area contributed by atoms with Gasteiger partial charge >= 0.3 is 0 Å². The van der Waals surface area contributed by atoms with Crippen LogP contribution in [0.5, 0.6) is 0 Å². The summed E-state index contributed by atoms with van der Waals surface area (Å²) in [5, 5.41) is 0. The maximum atomic E-state index is 12.8. The maximum absolute atomic E-state index is 12.8. The van der Waals surface area contributed by atoms with Crippen LogP contribution in [0.1, 0.15) is 17.0 Å². The second-order valence-electron chi connectivity index (χ2n) is 6.02. The first-order valence-corrected chi connectivity index (χ1v) is 8.91. The highest BCUT2D eigenvalue weighted by atomic mass is 32.1. The fourth-order valence-electron chi connectivity index (χ4n) is 3.35. The van der Waals surface area contributed by atoms with Crippen LogP contribution in [0.25, 0.3) is 0 Å². The number of amides is 1. The van der Waals surface area contributed by atoms with Crippen LogP contribution in [0.2, 0.25) is 0 Å². The van der Waals surface area contributed by atoms with E-state index in [4.69, 9.17) is 0 Å². The van der Waals surface area contributed by atoms with E-state index in [1.165, 1.54) is 10.6 Å². The fraction of sp³-hybridized carbons (Fsp3) is 0.500. The predicted octanol–water partition coefficient (Wildman–Crippen LogP) is 1.39. The molecule has 0 radical (unpaired) electrons. The van der Waals surface area contributed by atoms with E-state index in [9.17, 15) is 4.79 Å². The largest absolute Gasteiger partial charge is 0.339 e. The molecule has 1 aliphatic heterocycles. The van der Waals surface area contributed by atoms with E-state index in [0.29, 0.717) is 5.91 Å². The summed E-state index contributed by atoms with van der Waals surface area (Å²) in [5.74, 6) is 1.19. The van der Waals surface area contributed by atoms with Gasteiger partial charge in [0, 0.05) is 49.4 Å². The van der Waals surface area contributed by atoms with E-state index < -0.39 is 0 Å². The Morgan fingerprint density at radius 1 is 1.13 bits per heavy atom. The van der Waals surface area contributed by atoms with E-state index in [1.54, 1.807) is 23.7 Å². The van der Waals surface area contributed by atoms with Gasteiger partial charge in [0.15, 0.2) is 0 Å². The van der Waals surface area contributed by atoms with Crippen molar-refractivity contribution in [1.82, 2.24) is 19.9 Å². The fourth-order valence-corrected chi connectivity index (χ4v) is 4.25. The highest BCUT2D eigenvalue weighted by molar-refractivity contribution is 7.09. The summed E-state index contributed by atoms with van der Waals surface area (Å²) >= 11 is 1.68. The van der Waals surface area contributed by atoms with Gasteiger partial charge in [-0.1, -0.05) is 0 Å². The average molecular weight is 329 g/mol. The maximum Gasteiger partial charge on any atom is 0.226 e. The Kier molecular flexibility index (Phi) is 3.95. The number of nitrogens with zero attached hydrogens (tertiary/aromatic N) is 5. The molecule has 2 aromatic rings. The third-order valence-electron chi connectivity index (χ3n) is 4.66. The molecule has 4 rings (SSSR count). The number of anilines is 1. The van der Waals surface area contributed by atoms with Crippen LogP contribution in [0.4, 0.5) is 5.95 Å². The van der Waals surface area contributed by atoms with E-state index in [1.807, 2.05) is 16.5 Å². The first kappa shape index (κ1) is 14.6. The zero-order valence-electron chi connectivity index (χ0n) is 12.9. The number of hydrogen-bond donors (Lipinski definition) is 0. The number of carbonyl (C=O) groups is 1. The van der Waals surface area contributed by atoms with Crippen LogP contribution in [0, 0.1) is 5.92 Å². The van der Waals surface area contributed by atoms with Gasteiger partial charge in [-0.2, -0.15) is 0 Å². The molecule has 0 bridgehead atoms. The molecule has 120 valence electrons. The smallest absolute Gasteiger partial charge is 0.226 e. The Morgan fingerprint density at radius 2 is 1.91 bits per heavy atom. The van der Waals surface area contributed by atoms with Crippen LogP contribution in [0.15, 0.2) is 24.0 Å². The Labute approximate surface area is 139 Å². The molecule has 0 aromatic carbocycles. The lowest BCUT2D eigenvalue weighted by Crippen LogP contribution is -2.51. The van der Waals surface area contributed by atoms with Gasteiger partial charge in [0.2, 0.25) is 11.9 Å². The second kappa shape index (κ2) is 6.23. The molecule has 7 heteroatoms. The molecule has 0 spiro atoms. The summed E-state index contributed by atoms with van der Waals surface area (Å²) in [6.07, 6.45) is 6.24. The molecule has 1 saturated heterocycles. The van der Waals surface area contributed by atoms with Gasteiger partial charge in [0.05, 0.1) is 11.2 Å². The third kappa shape index (κ3) is 2.93. The lowest BCUT2D eigenvalue weighted by atomic mass is 9.90. The van der Waals surface area contributed by atoms with Crippen molar-refractivity contribution < 1.29 is 4.79 Å². The average Bonchev–Trinajstić information content (AvgIpc) is 3.10. The molecule has 1 aliphatic carbocycles. The summed E-state index contributed by atoms with van der Waals surface area (Å²) in [6, 6.07) is 1.82. The molecule has 1 atom stereocenters. The summed E-state index contributed by atoms with van der Waals surface area (Å²) in [5.41, 5.74) is 3.10. The number of aryl methyl sites for hydroxylation is 1. The number of rotatable bonds is 2. The Balaban J connectivity index is 1.36. The normalized spacial score (nSPS) is 21.1. The highest BCUT2D eigenvalue weighted by Crippen LogP contribution is 2.29. The number of hydrogen-bond acceptors (Lipinski definition) is 6. The first-order chi connectivity index (χ1) is 11.3. The van der Waals surface area contributed by atoms with Crippen molar-refractivity contribution in [3.63, 3.8) is 0 Å². The van der Waals surface area contributed by atoms with E-state index >= 15 is 0 Å². The summed E-state index contributed by atoms with van der Waals surface area (Å²) < 4.78 is 0. The van der Waals surface area contributed by atoms with Crippen molar-refractivity contribution in [3.05, 3.63) is 34.5 Å². The van der Waals surface area contributed by atoms with Gasteiger partial charge in [0.25, 0.3) is 0 Å². The predicted molar refractivity (Wildman–Crippen MR) is 88.5 cm³/mol. The van der Waals surface area contributed by atoms with Gasteiger partial charge in [0.1, 0.15) is 0 Å². The Morgan fingerprint density at radius 3 is 2.70 bits per heavy atom. The summed E-state index contributed by atoms with van der Waals surface area (Å²) in [6.45, 7) is 3.11. The van der Waals surface area contributed by atoms with Crippen LogP contribution in [-0.2, 0) is 17.6 Å². The lowest BCUT2D eigenvalue weighted by molar-refractivity contribution is -0.136. The molecule has 0 N–H and O–H groups in total. The Hall–Kier alpha value is -2.02. The molecule has 1 unspecified atom stereocenters. The number of piperazine rings is 1. The van der Waals surface area contributed by atoms with Crippen LogP contribution >= 0.6 is 11.3 Å². The molecule has 6 nitrogen and oxygen atoms in total. The molecule has 3 heterocycles. The minimum absolute atomic E-state index is 0.127. The second-order valence-corrected chi connectivity index (χ2v) is 6.96. The minimum atomic E-state index is 0.127. The summed E-state index contributed by atoms with van der Waals surface area (Å²) in [4.78, 5) is 31.2. The minimum Gasteiger partial charge on any atom is -0.339 e. The van der Waals surface area contributed by atoms with Gasteiger partial charge in [-0.15, -0.1) is 11.3 Å². The van der Waals surface area contributed by atoms with Gasteiger partial charge in [-0.3, -0.25) is 4.79 Å². The first-order valence-electron chi connectivity index (χ1n) is 8.03. The number of aromatic nitrogens is 3. The van der Waals surface area contributed by atoms with Crippen LogP contribution in [-0.4, -0.2) is 51.9 Å². The Bertz CT molecular complexity index is 681. The molecule has 0 saturated carbocycles. The van der Waals surface area contributed by atoms with Crippen molar-refractivity contribution in [1.29, 1.82) is 0 Å². The summed E-state index contributed by atoms with van der Waals surface area (Å²) in [7, 11) is 0. The van der Waals surface area contributed by atoms with Crippen LogP contribution in [0.3, 0.4) is 0 Å². The molecular weight excluding hydrogens is 310 g/mol. The van der Waals surface area contributed by atoms with Gasteiger partial charge in [-0.05, 0) is 25.3 Å². The van der Waals surface area contributed by atoms with E-state index in [0.717, 1.165) is 51.4 Å². The quantitative estimate of drug-likeness (QED) is 0.833. The lowest BCUT2D eigenvalue weighted by Gasteiger charge is -2.37. The number of carbonyl (C=O) groups excluding carboxylic acids is 1. The van der Waals surface area contributed by atoms with Gasteiger partial charge < -0.3 is 9.80 Å². The van der Waals surface area contributed by atoms with Crippen LogP contribution < -0.4 is 4.90 Å². The molecule has 1 fully saturated rings. The molecule has 2 aliphatic rings. The number of thiazole rings is 1. The standard InChI is InChI=1S/C16H19N5OS/c22-15(12-2-3-13-14(10-12)23-11-19-13)20-6-8-21(9-7-20)16-17-4-1-5-18-16/h1,4-5,11-12H,2-3,6-10H2. The van der Waals surface area contributed by atoms with E-state index in [-0.39, 0.29) is 5.92 Å². The molecular formula is C16H19N5OS. The SMILES string of the molecule is O=C(C1CCc2ncsc2C1)N1CCN(c2ncccn2)CC1. The molecule has 23 heavy (non-hydrogen) atoms. The van der Waals surface area contributed by atoms with Gasteiger partial charge in [-0.25, -0.2) is 15.0 Å². The zero-order valence-corrected chi connectivity index (χ0v) is 13.7. The monoisotopic (exact) mass is 329 g/mol.